The van der Waals surface area contributed by atoms with E-state index in [0.717, 1.165) is 68.9 Å². The van der Waals surface area contributed by atoms with E-state index >= 15 is 0 Å². The molecule has 28 heavy (non-hydrogen) atoms. The van der Waals surface area contributed by atoms with Crippen LogP contribution in [0.4, 0.5) is 0 Å². The van der Waals surface area contributed by atoms with Crippen LogP contribution in [-0.4, -0.2) is 40.4 Å². The van der Waals surface area contributed by atoms with Crippen LogP contribution in [0.3, 0.4) is 0 Å². The third-order valence-electron chi connectivity index (χ3n) is 5.19. The van der Waals surface area contributed by atoms with E-state index in [-0.39, 0.29) is 30.0 Å². The van der Waals surface area contributed by atoms with Gasteiger partial charge in [-0.25, -0.2) is 9.67 Å². The lowest BCUT2D eigenvalue weighted by Gasteiger charge is -2.27. The number of halogens is 1. The molecule has 0 radical (unpaired) electrons. The number of hydrogen-bond acceptors (Lipinski definition) is 4. The van der Waals surface area contributed by atoms with Crippen LogP contribution in [0, 0.1) is 6.92 Å². The molecule has 0 bridgehead atoms. The molecule has 152 valence electrons. The van der Waals surface area contributed by atoms with Gasteiger partial charge in [0.15, 0.2) is 5.96 Å². The molecule has 2 unspecified atom stereocenters. The van der Waals surface area contributed by atoms with Crippen LogP contribution in [0.2, 0.25) is 0 Å². The van der Waals surface area contributed by atoms with Crippen molar-refractivity contribution in [1.82, 2.24) is 25.4 Å². The molecule has 8 heteroatoms. The SMILES string of the molecule is CCNC(=NCC1CCOc2ccccc21)NC1CCCn2nc(C)nc21.I. The minimum absolute atomic E-state index is 0. The highest BCUT2D eigenvalue weighted by atomic mass is 127. The molecule has 0 aliphatic carbocycles. The second kappa shape index (κ2) is 9.58. The summed E-state index contributed by atoms with van der Waals surface area (Å²) in [5.74, 6) is 4.08. The Morgan fingerprint density at radius 1 is 1.32 bits per heavy atom. The average molecular weight is 496 g/mol. The molecule has 0 amide bonds. The Balaban J connectivity index is 0.00000225. The molecule has 2 aliphatic rings. The van der Waals surface area contributed by atoms with Gasteiger partial charge in [0.1, 0.15) is 17.4 Å². The van der Waals surface area contributed by atoms with Crippen LogP contribution in [-0.2, 0) is 6.54 Å². The molecule has 1 aromatic carbocycles. The number of nitrogens with one attached hydrogen (secondary N) is 2. The van der Waals surface area contributed by atoms with Crippen molar-refractivity contribution in [2.45, 2.75) is 51.6 Å². The second-order valence-electron chi connectivity index (χ2n) is 7.17. The molecule has 7 nitrogen and oxygen atoms in total. The highest BCUT2D eigenvalue weighted by molar-refractivity contribution is 14.0. The fourth-order valence-corrected chi connectivity index (χ4v) is 3.90. The molecule has 0 spiro atoms. The summed E-state index contributed by atoms with van der Waals surface area (Å²) in [4.78, 5) is 9.51. The van der Waals surface area contributed by atoms with Gasteiger partial charge in [-0.15, -0.1) is 24.0 Å². The first-order valence-corrected chi connectivity index (χ1v) is 9.92. The van der Waals surface area contributed by atoms with E-state index < -0.39 is 0 Å². The minimum atomic E-state index is 0. The second-order valence-corrected chi connectivity index (χ2v) is 7.17. The molecule has 1 aromatic heterocycles. The Labute approximate surface area is 183 Å². The first-order chi connectivity index (χ1) is 13.2. The smallest absolute Gasteiger partial charge is 0.191 e. The maximum Gasteiger partial charge on any atom is 0.191 e. The first-order valence-electron chi connectivity index (χ1n) is 9.92. The van der Waals surface area contributed by atoms with Crippen LogP contribution in [0.25, 0.3) is 0 Å². The number of aliphatic imine (C=N–C) groups is 1. The number of benzene rings is 1. The van der Waals surface area contributed by atoms with Gasteiger partial charge in [-0.05, 0) is 44.7 Å². The Bertz CT molecular complexity index is 821. The van der Waals surface area contributed by atoms with E-state index in [0.29, 0.717) is 5.92 Å². The van der Waals surface area contributed by atoms with E-state index in [1.165, 1.54) is 5.56 Å². The highest BCUT2D eigenvalue weighted by Crippen LogP contribution is 2.33. The largest absolute Gasteiger partial charge is 0.493 e. The zero-order valence-electron chi connectivity index (χ0n) is 16.5. The van der Waals surface area contributed by atoms with Gasteiger partial charge in [0.25, 0.3) is 0 Å². The van der Waals surface area contributed by atoms with Crippen LogP contribution >= 0.6 is 24.0 Å². The molecule has 0 saturated carbocycles. The summed E-state index contributed by atoms with van der Waals surface area (Å²) < 4.78 is 7.80. The molecule has 0 fully saturated rings. The van der Waals surface area contributed by atoms with Crippen molar-refractivity contribution < 1.29 is 4.74 Å². The number of guanidine groups is 1. The number of rotatable bonds is 4. The predicted molar refractivity (Wildman–Crippen MR) is 121 cm³/mol. The molecule has 2 aliphatic heterocycles. The van der Waals surface area contributed by atoms with Gasteiger partial charge in [-0.3, -0.25) is 4.99 Å². The summed E-state index contributed by atoms with van der Waals surface area (Å²) in [7, 11) is 0. The summed E-state index contributed by atoms with van der Waals surface area (Å²) >= 11 is 0. The average Bonchev–Trinajstić information content (AvgIpc) is 3.07. The summed E-state index contributed by atoms with van der Waals surface area (Å²) in [6.45, 7) is 7.31. The van der Waals surface area contributed by atoms with Gasteiger partial charge in [-0.1, -0.05) is 18.2 Å². The maximum atomic E-state index is 5.77. The summed E-state index contributed by atoms with van der Waals surface area (Å²) in [6.07, 6.45) is 3.14. The van der Waals surface area contributed by atoms with Crippen molar-refractivity contribution in [3.05, 3.63) is 41.5 Å². The lowest BCUT2D eigenvalue weighted by atomic mass is 9.93. The molecule has 2 aromatic rings. The van der Waals surface area contributed by atoms with Crippen molar-refractivity contribution in [3.63, 3.8) is 0 Å². The molecule has 2 atom stereocenters. The van der Waals surface area contributed by atoms with Crippen molar-refractivity contribution in [2.24, 2.45) is 4.99 Å². The van der Waals surface area contributed by atoms with Crippen LogP contribution < -0.4 is 15.4 Å². The summed E-state index contributed by atoms with van der Waals surface area (Å²) in [5, 5.41) is 11.4. The van der Waals surface area contributed by atoms with E-state index in [9.17, 15) is 0 Å². The van der Waals surface area contributed by atoms with Crippen LogP contribution in [0.15, 0.2) is 29.3 Å². The number of ether oxygens (including phenoxy) is 1. The normalized spacial score (nSPS) is 21.0. The van der Waals surface area contributed by atoms with E-state index in [4.69, 9.17) is 9.73 Å². The minimum Gasteiger partial charge on any atom is -0.493 e. The third-order valence-corrected chi connectivity index (χ3v) is 5.19. The first kappa shape index (κ1) is 20.9. The van der Waals surface area contributed by atoms with Crippen molar-refractivity contribution in [1.29, 1.82) is 0 Å². The predicted octanol–water partition coefficient (Wildman–Crippen LogP) is 3.16. The molecular weight excluding hydrogens is 467 g/mol. The fraction of sp³-hybridized carbons (Fsp3) is 0.550. The molecular formula is C20H29IN6O. The van der Waals surface area contributed by atoms with Gasteiger partial charge >= 0.3 is 0 Å². The molecule has 2 N–H and O–H groups in total. The zero-order chi connectivity index (χ0) is 18.6. The van der Waals surface area contributed by atoms with E-state index in [1.807, 2.05) is 23.7 Å². The van der Waals surface area contributed by atoms with Gasteiger partial charge in [0.2, 0.25) is 0 Å². The summed E-state index contributed by atoms with van der Waals surface area (Å²) in [6, 6.07) is 8.45. The van der Waals surface area contributed by atoms with Crippen molar-refractivity contribution in [3.8, 4) is 5.75 Å². The van der Waals surface area contributed by atoms with Crippen LogP contribution in [0.1, 0.15) is 55.4 Å². The van der Waals surface area contributed by atoms with Crippen LogP contribution in [0.5, 0.6) is 5.75 Å². The van der Waals surface area contributed by atoms with Gasteiger partial charge in [0.05, 0.1) is 12.6 Å². The zero-order valence-corrected chi connectivity index (χ0v) is 18.8. The number of fused-ring (bicyclic) bond motifs is 2. The molecule has 3 heterocycles. The standard InChI is InChI=1S/C20H28N6O.HI/c1-3-21-20(24-17-8-6-11-26-19(17)23-14(2)25-26)22-13-15-10-12-27-18-9-5-4-7-16(15)18;/h4-5,7,9,15,17H,3,6,8,10-13H2,1-2H3,(H2,21,22,24);1H. The number of para-hydroxylation sites is 1. The number of hydrogen-bond donors (Lipinski definition) is 2. The fourth-order valence-electron chi connectivity index (χ4n) is 3.90. The van der Waals surface area contributed by atoms with E-state index in [2.05, 4.69) is 39.8 Å². The molecule has 0 saturated heterocycles. The monoisotopic (exact) mass is 496 g/mol. The number of nitrogens with zero attached hydrogens (tertiary/aromatic N) is 4. The Hall–Kier alpha value is -1.84. The van der Waals surface area contributed by atoms with Gasteiger partial charge in [0, 0.05) is 25.6 Å². The van der Waals surface area contributed by atoms with Crippen molar-refractivity contribution in [2.75, 3.05) is 19.7 Å². The maximum absolute atomic E-state index is 5.77. The number of aryl methyl sites for hydroxylation is 2. The highest BCUT2D eigenvalue weighted by Gasteiger charge is 2.25. The number of aromatic nitrogens is 3. The Kier molecular flexibility index (Phi) is 7.14. The van der Waals surface area contributed by atoms with Crippen molar-refractivity contribution >= 4 is 29.9 Å². The van der Waals surface area contributed by atoms with E-state index in [1.54, 1.807) is 0 Å². The Morgan fingerprint density at radius 2 is 2.18 bits per heavy atom. The van der Waals surface area contributed by atoms with Gasteiger partial charge in [-0.2, -0.15) is 5.10 Å². The quantitative estimate of drug-likeness (QED) is 0.387. The topological polar surface area (TPSA) is 76.4 Å². The van der Waals surface area contributed by atoms with Gasteiger partial charge < -0.3 is 15.4 Å². The third kappa shape index (κ3) is 4.59. The lowest BCUT2D eigenvalue weighted by Crippen LogP contribution is -2.41. The lowest BCUT2D eigenvalue weighted by molar-refractivity contribution is 0.269. The summed E-state index contributed by atoms with van der Waals surface area (Å²) in [5.41, 5.74) is 1.26. The molecule has 4 rings (SSSR count). The Morgan fingerprint density at radius 3 is 3.04 bits per heavy atom.